The molecule has 0 fully saturated rings. The van der Waals surface area contributed by atoms with Gasteiger partial charge in [-0.1, -0.05) is 0 Å². The Bertz CT molecular complexity index is 289. The second-order valence-corrected chi connectivity index (χ2v) is 3.67. The van der Waals surface area contributed by atoms with E-state index in [1.54, 1.807) is 0 Å². The lowest BCUT2D eigenvalue weighted by molar-refractivity contribution is 0.632. The first-order chi connectivity index (χ1) is 6.70. The van der Waals surface area contributed by atoms with Crippen LogP contribution in [0.15, 0.2) is 0 Å². The van der Waals surface area contributed by atoms with Crippen molar-refractivity contribution in [2.45, 2.75) is 40.2 Å². The van der Waals surface area contributed by atoms with Gasteiger partial charge in [-0.05, 0) is 52.8 Å². The Balaban J connectivity index is 2.70. The average Bonchev–Trinajstić information content (AvgIpc) is 2.45. The van der Waals surface area contributed by atoms with Gasteiger partial charge in [0.05, 0.1) is 5.69 Å². The molecule has 14 heavy (non-hydrogen) atoms. The van der Waals surface area contributed by atoms with E-state index in [-0.39, 0.29) is 0 Å². The molecule has 1 aromatic heterocycles. The Morgan fingerprint density at radius 3 is 2.57 bits per heavy atom. The van der Waals surface area contributed by atoms with Gasteiger partial charge in [-0.2, -0.15) is 5.10 Å². The van der Waals surface area contributed by atoms with Gasteiger partial charge in [-0.25, -0.2) is 0 Å². The summed E-state index contributed by atoms with van der Waals surface area (Å²) in [7, 11) is 2.00. The molecule has 0 saturated carbocycles. The quantitative estimate of drug-likeness (QED) is 0.724. The highest BCUT2D eigenvalue weighted by Crippen LogP contribution is 2.14. The molecule has 0 unspecified atom stereocenters. The van der Waals surface area contributed by atoms with Crippen molar-refractivity contribution in [3.63, 3.8) is 0 Å². The zero-order valence-electron chi connectivity index (χ0n) is 9.72. The van der Waals surface area contributed by atoms with Crippen LogP contribution in [0.4, 0.5) is 0 Å². The Kier molecular flexibility index (Phi) is 4.14. The second-order valence-electron chi connectivity index (χ2n) is 3.67. The first-order valence-corrected chi connectivity index (χ1v) is 5.38. The number of nitrogens with zero attached hydrogens (tertiary/aromatic N) is 2. The van der Waals surface area contributed by atoms with E-state index in [0.29, 0.717) is 0 Å². The predicted octanol–water partition coefficient (Wildman–Crippen LogP) is 1.67. The van der Waals surface area contributed by atoms with Crippen molar-refractivity contribution in [2.24, 2.45) is 0 Å². The van der Waals surface area contributed by atoms with E-state index in [2.05, 4.69) is 35.9 Å². The summed E-state index contributed by atoms with van der Waals surface area (Å²) in [4.78, 5) is 0. The van der Waals surface area contributed by atoms with Gasteiger partial charge in [-0.15, -0.1) is 0 Å². The zero-order valence-corrected chi connectivity index (χ0v) is 9.72. The Morgan fingerprint density at radius 1 is 1.36 bits per heavy atom. The summed E-state index contributed by atoms with van der Waals surface area (Å²) in [5.41, 5.74) is 3.96. The van der Waals surface area contributed by atoms with Gasteiger partial charge in [0.2, 0.25) is 0 Å². The maximum absolute atomic E-state index is 4.50. The number of rotatable bonds is 5. The van der Waals surface area contributed by atoms with E-state index in [1.165, 1.54) is 23.4 Å². The Hall–Kier alpha value is -0.830. The van der Waals surface area contributed by atoms with Crippen molar-refractivity contribution in [2.75, 3.05) is 13.6 Å². The highest BCUT2D eigenvalue weighted by atomic mass is 15.3. The first kappa shape index (κ1) is 11.2. The van der Waals surface area contributed by atoms with Crippen LogP contribution in [0.3, 0.4) is 0 Å². The maximum Gasteiger partial charge on any atom is 0.0628 e. The van der Waals surface area contributed by atoms with Gasteiger partial charge in [0.1, 0.15) is 0 Å². The van der Waals surface area contributed by atoms with Crippen LogP contribution in [-0.4, -0.2) is 23.4 Å². The molecule has 80 valence electrons. The molecule has 0 radical (unpaired) electrons. The monoisotopic (exact) mass is 195 g/mol. The molecule has 0 aliphatic carbocycles. The molecule has 0 aromatic carbocycles. The van der Waals surface area contributed by atoms with E-state index >= 15 is 0 Å². The molecule has 1 heterocycles. The molecule has 0 bridgehead atoms. The highest BCUT2D eigenvalue weighted by molar-refractivity contribution is 5.24. The highest BCUT2D eigenvalue weighted by Gasteiger charge is 2.09. The Labute approximate surface area is 86.5 Å². The van der Waals surface area contributed by atoms with E-state index in [4.69, 9.17) is 0 Å². The lowest BCUT2D eigenvalue weighted by Crippen LogP contribution is -2.09. The smallest absolute Gasteiger partial charge is 0.0628 e. The molecule has 1 N–H and O–H groups in total. The lowest BCUT2D eigenvalue weighted by atomic mass is 10.1. The third-order valence-corrected chi connectivity index (χ3v) is 2.68. The molecular formula is C11H21N3. The van der Waals surface area contributed by atoms with Crippen LogP contribution in [0.25, 0.3) is 0 Å². The molecule has 0 saturated heterocycles. The summed E-state index contributed by atoms with van der Waals surface area (Å²) in [6, 6.07) is 0. The van der Waals surface area contributed by atoms with Crippen molar-refractivity contribution in [1.29, 1.82) is 0 Å². The van der Waals surface area contributed by atoms with Crippen LogP contribution < -0.4 is 5.32 Å². The zero-order chi connectivity index (χ0) is 10.6. The molecule has 1 aromatic rings. The normalized spacial score (nSPS) is 10.9. The third-order valence-electron chi connectivity index (χ3n) is 2.68. The fraction of sp³-hybridized carbons (Fsp3) is 0.727. The summed E-state index contributed by atoms with van der Waals surface area (Å²) in [5.74, 6) is 0. The first-order valence-electron chi connectivity index (χ1n) is 5.38. The predicted molar refractivity (Wildman–Crippen MR) is 59.6 cm³/mol. The molecule has 0 spiro atoms. The van der Waals surface area contributed by atoms with Gasteiger partial charge >= 0.3 is 0 Å². The van der Waals surface area contributed by atoms with Gasteiger partial charge in [0, 0.05) is 12.2 Å². The summed E-state index contributed by atoms with van der Waals surface area (Å²) in [6.07, 6.45) is 2.33. The molecule has 1 rings (SSSR count). The number of aryl methyl sites for hydroxylation is 2. The van der Waals surface area contributed by atoms with Gasteiger partial charge < -0.3 is 5.32 Å². The van der Waals surface area contributed by atoms with Crippen LogP contribution in [0.2, 0.25) is 0 Å². The summed E-state index contributed by atoms with van der Waals surface area (Å²) in [5, 5.41) is 7.67. The minimum atomic E-state index is 0.971. The van der Waals surface area contributed by atoms with Gasteiger partial charge in [0.25, 0.3) is 0 Å². The van der Waals surface area contributed by atoms with Crippen LogP contribution in [0, 0.1) is 13.8 Å². The van der Waals surface area contributed by atoms with Crippen LogP contribution in [0.5, 0.6) is 0 Å². The fourth-order valence-corrected chi connectivity index (χ4v) is 1.85. The number of hydrogen-bond donors (Lipinski definition) is 1. The van der Waals surface area contributed by atoms with E-state index < -0.39 is 0 Å². The van der Waals surface area contributed by atoms with E-state index in [1.807, 2.05) is 7.05 Å². The van der Waals surface area contributed by atoms with Crippen molar-refractivity contribution < 1.29 is 0 Å². The minimum absolute atomic E-state index is 0.971. The summed E-state index contributed by atoms with van der Waals surface area (Å²) in [6.45, 7) is 8.46. The largest absolute Gasteiger partial charge is 0.320 e. The lowest BCUT2D eigenvalue weighted by Gasteiger charge is -2.02. The van der Waals surface area contributed by atoms with Crippen LogP contribution in [-0.2, 0) is 13.0 Å². The topological polar surface area (TPSA) is 29.9 Å². The third kappa shape index (κ3) is 2.35. The molecule has 0 atom stereocenters. The number of hydrogen-bond acceptors (Lipinski definition) is 2. The number of nitrogens with one attached hydrogen (secondary N) is 1. The van der Waals surface area contributed by atoms with Crippen molar-refractivity contribution in [3.05, 3.63) is 17.0 Å². The minimum Gasteiger partial charge on any atom is -0.320 e. The van der Waals surface area contributed by atoms with Crippen LogP contribution >= 0.6 is 0 Å². The summed E-state index contributed by atoms with van der Waals surface area (Å²) < 4.78 is 2.09. The van der Waals surface area contributed by atoms with Crippen molar-refractivity contribution in [1.82, 2.24) is 15.1 Å². The van der Waals surface area contributed by atoms with E-state index in [0.717, 1.165) is 19.5 Å². The van der Waals surface area contributed by atoms with Crippen molar-refractivity contribution in [3.8, 4) is 0 Å². The molecule has 0 aliphatic heterocycles. The van der Waals surface area contributed by atoms with Crippen LogP contribution in [0.1, 0.15) is 30.3 Å². The van der Waals surface area contributed by atoms with Gasteiger partial charge in [0.15, 0.2) is 0 Å². The molecule has 3 heteroatoms. The van der Waals surface area contributed by atoms with Crippen molar-refractivity contribution >= 4 is 0 Å². The molecular weight excluding hydrogens is 174 g/mol. The standard InChI is InChI=1S/C11H21N3/c1-5-14-10(3)11(9(2)13-14)7-6-8-12-4/h12H,5-8H2,1-4H3. The second kappa shape index (κ2) is 5.15. The summed E-state index contributed by atoms with van der Waals surface area (Å²) >= 11 is 0. The molecule has 3 nitrogen and oxygen atoms in total. The average molecular weight is 195 g/mol. The molecule has 0 aliphatic rings. The van der Waals surface area contributed by atoms with Gasteiger partial charge in [-0.3, -0.25) is 4.68 Å². The maximum atomic E-state index is 4.50. The Morgan fingerprint density at radius 2 is 2.07 bits per heavy atom. The number of aromatic nitrogens is 2. The fourth-order valence-electron chi connectivity index (χ4n) is 1.85. The molecule has 0 amide bonds. The van der Waals surface area contributed by atoms with E-state index in [9.17, 15) is 0 Å². The SMILES string of the molecule is CCn1nc(C)c(CCCNC)c1C.